The zero-order chi connectivity index (χ0) is 20.3. The number of benzene rings is 1. The maximum atomic E-state index is 13.4. The van der Waals surface area contributed by atoms with Crippen molar-refractivity contribution in [3.8, 4) is 5.75 Å². The number of fused-ring (bicyclic) bond motifs is 1. The lowest BCUT2D eigenvalue weighted by molar-refractivity contribution is 0.0973. The molecule has 0 fully saturated rings. The van der Waals surface area contributed by atoms with Crippen LogP contribution in [0.15, 0.2) is 30.5 Å². The Kier molecular flexibility index (Phi) is 6.31. The Hall–Kier alpha value is -2.45. The van der Waals surface area contributed by atoms with Crippen LogP contribution in [0.5, 0.6) is 5.75 Å². The summed E-state index contributed by atoms with van der Waals surface area (Å²) in [5.74, 6) is 0.728. The zero-order valence-electron chi connectivity index (χ0n) is 17.0. The maximum absolute atomic E-state index is 13.4. The van der Waals surface area contributed by atoms with E-state index in [4.69, 9.17) is 9.72 Å². The summed E-state index contributed by atoms with van der Waals surface area (Å²) < 4.78 is 8.35. The molecule has 0 spiro atoms. The first-order chi connectivity index (χ1) is 13.4. The molecule has 0 bridgehead atoms. The Balaban J connectivity index is 1.98. The summed E-state index contributed by atoms with van der Waals surface area (Å²) in [4.78, 5) is 21.9. The lowest BCUT2D eigenvalue weighted by atomic mass is 10.3. The minimum atomic E-state index is -0.0860. The van der Waals surface area contributed by atoms with Crippen molar-refractivity contribution in [3.05, 3.63) is 36.2 Å². The van der Waals surface area contributed by atoms with E-state index in [1.807, 2.05) is 53.1 Å². The third kappa shape index (κ3) is 4.34. The highest BCUT2D eigenvalue weighted by Crippen LogP contribution is 2.32. The summed E-state index contributed by atoms with van der Waals surface area (Å²) in [6.45, 7) is 7.89. The smallest absolute Gasteiger partial charge is 0.278 e. The van der Waals surface area contributed by atoms with Gasteiger partial charge in [0.05, 0.1) is 16.8 Å². The normalized spacial score (nSPS) is 11.5. The van der Waals surface area contributed by atoms with Gasteiger partial charge in [-0.15, -0.1) is 0 Å². The molecule has 8 heteroatoms. The lowest BCUT2D eigenvalue weighted by Crippen LogP contribution is -2.38. The number of likely N-dealkylation sites (N-methyl/N-ethyl adjacent to an activating group) is 1. The minimum Gasteiger partial charge on any atom is -0.494 e. The summed E-state index contributed by atoms with van der Waals surface area (Å²) in [5.41, 5.74) is 1.44. The SMILES string of the molecule is CCOc1ccc2nc(N(CCN(C)C)C(=O)c3ccnn3C(C)C)sc2c1. The van der Waals surface area contributed by atoms with Crippen molar-refractivity contribution in [2.24, 2.45) is 0 Å². The quantitative estimate of drug-likeness (QED) is 0.576. The molecular formula is C20H27N5O2S. The van der Waals surface area contributed by atoms with E-state index in [1.165, 1.54) is 11.3 Å². The van der Waals surface area contributed by atoms with Gasteiger partial charge in [0.25, 0.3) is 5.91 Å². The van der Waals surface area contributed by atoms with E-state index in [1.54, 1.807) is 21.8 Å². The molecule has 0 N–H and O–H groups in total. The molecule has 0 aliphatic heterocycles. The summed E-state index contributed by atoms with van der Waals surface area (Å²) in [6, 6.07) is 7.70. The first-order valence-corrected chi connectivity index (χ1v) is 10.3. The first kappa shape index (κ1) is 20.3. The highest BCUT2D eigenvalue weighted by Gasteiger charge is 2.25. The van der Waals surface area contributed by atoms with Crippen LogP contribution in [0.4, 0.5) is 5.13 Å². The number of amides is 1. The van der Waals surface area contributed by atoms with Gasteiger partial charge in [-0.25, -0.2) is 4.98 Å². The third-order valence-corrected chi connectivity index (χ3v) is 5.33. The molecule has 0 aliphatic rings. The van der Waals surface area contributed by atoms with Gasteiger partial charge in [-0.1, -0.05) is 11.3 Å². The van der Waals surface area contributed by atoms with Crippen molar-refractivity contribution in [1.29, 1.82) is 0 Å². The van der Waals surface area contributed by atoms with Crippen molar-refractivity contribution in [2.45, 2.75) is 26.8 Å². The van der Waals surface area contributed by atoms with Gasteiger partial charge in [-0.3, -0.25) is 14.4 Å². The standard InChI is InChI=1S/C20H27N5O2S/c1-6-27-15-7-8-16-18(13-15)28-20(22-16)24(12-11-23(4)5)19(26)17-9-10-21-25(17)14(2)3/h7-10,13-14H,6,11-12H2,1-5H3. The Morgan fingerprint density at radius 3 is 2.71 bits per heavy atom. The van der Waals surface area contributed by atoms with E-state index in [0.717, 1.165) is 22.5 Å². The van der Waals surface area contributed by atoms with Gasteiger partial charge in [0.2, 0.25) is 0 Å². The fourth-order valence-electron chi connectivity index (χ4n) is 2.88. The van der Waals surface area contributed by atoms with Gasteiger partial charge in [-0.2, -0.15) is 5.10 Å². The lowest BCUT2D eigenvalue weighted by Gasteiger charge is -2.22. The van der Waals surface area contributed by atoms with E-state index in [-0.39, 0.29) is 11.9 Å². The average molecular weight is 402 g/mol. The van der Waals surface area contributed by atoms with Crippen LogP contribution in [0.1, 0.15) is 37.3 Å². The van der Waals surface area contributed by atoms with E-state index >= 15 is 0 Å². The van der Waals surface area contributed by atoms with Crippen LogP contribution in [-0.2, 0) is 0 Å². The highest BCUT2D eigenvalue weighted by atomic mass is 32.1. The van der Waals surface area contributed by atoms with Crippen LogP contribution < -0.4 is 9.64 Å². The molecule has 2 heterocycles. The predicted octanol–water partition coefficient (Wildman–Crippen LogP) is 3.68. The van der Waals surface area contributed by atoms with E-state index in [9.17, 15) is 4.79 Å². The van der Waals surface area contributed by atoms with Crippen LogP contribution in [0.3, 0.4) is 0 Å². The number of thiazole rings is 1. The fourth-order valence-corrected chi connectivity index (χ4v) is 3.90. The summed E-state index contributed by atoms with van der Waals surface area (Å²) >= 11 is 1.50. The molecule has 0 aliphatic carbocycles. The van der Waals surface area contributed by atoms with Crippen molar-refractivity contribution < 1.29 is 9.53 Å². The monoisotopic (exact) mass is 401 g/mol. The largest absolute Gasteiger partial charge is 0.494 e. The predicted molar refractivity (Wildman–Crippen MR) is 114 cm³/mol. The summed E-state index contributed by atoms with van der Waals surface area (Å²) in [5, 5.41) is 5.00. The molecule has 2 aromatic heterocycles. The van der Waals surface area contributed by atoms with E-state index in [0.29, 0.717) is 24.0 Å². The van der Waals surface area contributed by atoms with Gasteiger partial charge >= 0.3 is 0 Å². The molecule has 0 unspecified atom stereocenters. The zero-order valence-corrected chi connectivity index (χ0v) is 17.9. The van der Waals surface area contributed by atoms with Crippen LogP contribution in [0.25, 0.3) is 10.2 Å². The Bertz CT molecular complexity index is 947. The van der Waals surface area contributed by atoms with Gasteiger partial charge < -0.3 is 9.64 Å². The highest BCUT2D eigenvalue weighted by molar-refractivity contribution is 7.22. The van der Waals surface area contributed by atoms with Crippen molar-refractivity contribution in [1.82, 2.24) is 19.7 Å². The number of hydrogen-bond donors (Lipinski definition) is 0. The topological polar surface area (TPSA) is 63.5 Å². The van der Waals surface area contributed by atoms with Crippen molar-refractivity contribution in [3.63, 3.8) is 0 Å². The van der Waals surface area contributed by atoms with E-state index < -0.39 is 0 Å². The Morgan fingerprint density at radius 2 is 2.04 bits per heavy atom. The molecule has 0 atom stereocenters. The Morgan fingerprint density at radius 1 is 1.25 bits per heavy atom. The number of carbonyl (C=O) groups is 1. The first-order valence-electron chi connectivity index (χ1n) is 9.44. The molecular weight excluding hydrogens is 374 g/mol. The minimum absolute atomic E-state index is 0.0860. The van der Waals surface area contributed by atoms with Crippen molar-refractivity contribution in [2.75, 3.05) is 38.7 Å². The van der Waals surface area contributed by atoms with Crippen LogP contribution >= 0.6 is 11.3 Å². The van der Waals surface area contributed by atoms with Crippen molar-refractivity contribution >= 4 is 32.6 Å². The Labute approximate surface area is 169 Å². The average Bonchev–Trinajstić information content (AvgIpc) is 3.28. The van der Waals surface area contributed by atoms with Gasteiger partial charge in [-0.05, 0) is 59.1 Å². The molecule has 3 aromatic rings. The number of carbonyl (C=O) groups excluding carboxylic acids is 1. The molecule has 1 aromatic carbocycles. The van der Waals surface area contributed by atoms with Gasteiger partial charge in [0, 0.05) is 25.3 Å². The van der Waals surface area contributed by atoms with Gasteiger partial charge in [0.15, 0.2) is 5.13 Å². The number of rotatable bonds is 8. The number of nitrogens with zero attached hydrogens (tertiary/aromatic N) is 5. The third-order valence-electron chi connectivity index (χ3n) is 4.29. The van der Waals surface area contributed by atoms with Crippen LogP contribution in [-0.4, -0.2) is 59.4 Å². The van der Waals surface area contributed by atoms with Gasteiger partial charge in [0.1, 0.15) is 11.4 Å². The molecule has 0 saturated heterocycles. The molecule has 3 rings (SSSR count). The maximum Gasteiger partial charge on any atom is 0.278 e. The number of aromatic nitrogens is 3. The second-order valence-corrected chi connectivity index (χ2v) is 8.08. The molecule has 1 amide bonds. The molecule has 28 heavy (non-hydrogen) atoms. The number of ether oxygens (including phenoxy) is 1. The molecule has 150 valence electrons. The fraction of sp³-hybridized carbons (Fsp3) is 0.450. The summed E-state index contributed by atoms with van der Waals surface area (Å²) in [6.07, 6.45) is 1.67. The van der Waals surface area contributed by atoms with Crippen LogP contribution in [0, 0.1) is 0 Å². The molecule has 0 radical (unpaired) electrons. The molecule has 7 nitrogen and oxygen atoms in total. The number of hydrogen-bond acceptors (Lipinski definition) is 6. The molecule has 0 saturated carbocycles. The second-order valence-electron chi connectivity index (χ2n) is 7.07. The van der Waals surface area contributed by atoms with E-state index in [2.05, 4.69) is 10.00 Å². The second kappa shape index (κ2) is 8.70. The summed E-state index contributed by atoms with van der Waals surface area (Å²) in [7, 11) is 3.99. The number of anilines is 1. The van der Waals surface area contributed by atoms with Crippen LogP contribution in [0.2, 0.25) is 0 Å².